The molecule has 1 aromatic rings. The quantitative estimate of drug-likeness (QED) is 0.882. The zero-order valence-corrected chi connectivity index (χ0v) is 11.8. The third-order valence-electron chi connectivity index (χ3n) is 3.84. The third kappa shape index (κ3) is 3.14. The molecule has 0 bridgehead atoms. The smallest absolute Gasteiger partial charge is 0.225 e. The monoisotopic (exact) mass is 262 g/mol. The Bertz CT molecular complexity index is 437. The summed E-state index contributed by atoms with van der Waals surface area (Å²) in [6.07, 6.45) is 0.136. The van der Waals surface area contributed by atoms with Crippen LogP contribution in [0.15, 0.2) is 30.3 Å². The molecule has 4 heteroatoms. The fourth-order valence-electron chi connectivity index (χ4n) is 2.29. The van der Waals surface area contributed by atoms with Crippen molar-refractivity contribution in [1.29, 1.82) is 0 Å². The number of hydrogen-bond donors (Lipinski definition) is 1. The van der Waals surface area contributed by atoms with Gasteiger partial charge in [0.2, 0.25) is 5.91 Å². The molecular formula is C15H22N2O2. The summed E-state index contributed by atoms with van der Waals surface area (Å²) in [4.78, 5) is 16.1. The molecule has 1 heterocycles. The third-order valence-corrected chi connectivity index (χ3v) is 3.84. The van der Waals surface area contributed by atoms with Crippen molar-refractivity contribution in [2.75, 3.05) is 27.2 Å². The van der Waals surface area contributed by atoms with Crippen LogP contribution >= 0.6 is 0 Å². The van der Waals surface area contributed by atoms with Gasteiger partial charge in [-0.25, -0.2) is 0 Å². The van der Waals surface area contributed by atoms with Crippen LogP contribution in [0.1, 0.15) is 18.9 Å². The lowest BCUT2D eigenvalue weighted by molar-refractivity contribution is -0.143. The molecule has 0 aromatic heterocycles. The molecule has 1 aliphatic rings. The Morgan fingerprint density at radius 3 is 2.47 bits per heavy atom. The summed E-state index contributed by atoms with van der Waals surface area (Å²) < 4.78 is 0. The first-order valence-corrected chi connectivity index (χ1v) is 6.62. The molecule has 1 amide bonds. The average molecular weight is 262 g/mol. The van der Waals surface area contributed by atoms with Crippen molar-refractivity contribution in [2.24, 2.45) is 0 Å². The van der Waals surface area contributed by atoms with Gasteiger partial charge < -0.3 is 14.9 Å². The van der Waals surface area contributed by atoms with Crippen molar-refractivity contribution in [3.63, 3.8) is 0 Å². The van der Waals surface area contributed by atoms with E-state index in [0.29, 0.717) is 6.04 Å². The molecule has 4 nitrogen and oxygen atoms in total. The lowest BCUT2D eigenvalue weighted by Crippen LogP contribution is -2.59. The number of carbonyl (C=O) groups excluding carboxylic acids is 1. The number of likely N-dealkylation sites (tertiary alicyclic amines) is 1. The number of amides is 1. The molecule has 1 fully saturated rings. The number of rotatable bonds is 4. The minimum atomic E-state index is -1.10. The lowest BCUT2D eigenvalue weighted by atomic mass is 9.91. The van der Waals surface area contributed by atoms with E-state index in [0.717, 1.165) is 18.7 Å². The second-order valence-corrected chi connectivity index (χ2v) is 5.73. The van der Waals surface area contributed by atoms with Crippen LogP contribution in [0.2, 0.25) is 0 Å². The molecule has 1 N–H and O–H groups in total. The summed E-state index contributed by atoms with van der Waals surface area (Å²) in [5, 5.41) is 10.4. The van der Waals surface area contributed by atoms with Crippen LogP contribution in [0.4, 0.5) is 0 Å². The van der Waals surface area contributed by atoms with E-state index >= 15 is 0 Å². The Hall–Kier alpha value is -1.39. The Morgan fingerprint density at radius 2 is 1.95 bits per heavy atom. The summed E-state index contributed by atoms with van der Waals surface area (Å²) in [5.74, 6) is 0.0203. The highest BCUT2D eigenvalue weighted by molar-refractivity contribution is 5.78. The van der Waals surface area contributed by atoms with Crippen molar-refractivity contribution in [1.82, 2.24) is 9.80 Å². The fourth-order valence-corrected chi connectivity index (χ4v) is 2.29. The molecule has 1 aliphatic heterocycles. The van der Waals surface area contributed by atoms with Gasteiger partial charge in [0.1, 0.15) is 0 Å². The number of nitrogens with zero attached hydrogens (tertiary/aromatic N) is 2. The van der Waals surface area contributed by atoms with Crippen molar-refractivity contribution in [3.8, 4) is 0 Å². The van der Waals surface area contributed by atoms with Gasteiger partial charge in [0, 0.05) is 19.1 Å². The first-order chi connectivity index (χ1) is 8.90. The van der Waals surface area contributed by atoms with Gasteiger partial charge in [-0.1, -0.05) is 30.3 Å². The molecule has 1 aromatic carbocycles. The molecule has 1 unspecified atom stereocenters. The maximum Gasteiger partial charge on any atom is 0.225 e. The number of carbonyl (C=O) groups is 1. The van der Waals surface area contributed by atoms with E-state index in [1.54, 1.807) is 6.92 Å². The molecular weight excluding hydrogens is 240 g/mol. The average Bonchev–Trinajstić information content (AvgIpc) is 2.26. The standard InChI is InChI=1S/C15H22N2O2/c1-15(19,12-7-5-4-6-8-12)9-14(18)17-10-13(11-17)16(2)3/h4-8,13,19H,9-11H2,1-3H3. The number of hydrogen-bond acceptors (Lipinski definition) is 3. The van der Waals surface area contributed by atoms with Gasteiger partial charge in [0.25, 0.3) is 0 Å². The molecule has 1 atom stereocenters. The first kappa shape index (κ1) is 14.0. The molecule has 0 saturated carbocycles. The molecule has 0 aliphatic carbocycles. The van der Waals surface area contributed by atoms with Crippen LogP contribution in [-0.2, 0) is 10.4 Å². The van der Waals surface area contributed by atoms with Crippen molar-refractivity contribution < 1.29 is 9.90 Å². The summed E-state index contributed by atoms with van der Waals surface area (Å²) in [7, 11) is 4.04. The summed E-state index contributed by atoms with van der Waals surface area (Å²) in [5.41, 5.74) is -0.310. The van der Waals surface area contributed by atoms with E-state index in [2.05, 4.69) is 4.90 Å². The van der Waals surface area contributed by atoms with E-state index in [-0.39, 0.29) is 12.3 Å². The Kier molecular flexibility index (Phi) is 3.92. The first-order valence-electron chi connectivity index (χ1n) is 6.62. The van der Waals surface area contributed by atoms with Gasteiger partial charge in [-0.15, -0.1) is 0 Å². The predicted octanol–water partition coefficient (Wildman–Crippen LogP) is 1.06. The topological polar surface area (TPSA) is 43.8 Å². The minimum Gasteiger partial charge on any atom is -0.385 e. The van der Waals surface area contributed by atoms with Crippen LogP contribution in [0.3, 0.4) is 0 Å². The van der Waals surface area contributed by atoms with Gasteiger partial charge in [-0.3, -0.25) is 4.79 Å². The van der Waals surface area contributed by atoms with Crippen molar-refractivity contribution in [2.45, 2.75) is 25.0 Å². The molecule has 1 saturated heterocycles. The highest BCUT2D eigenvalue weighted by atomic mass is 16.3. The van der Waals surface area contributed by atoms with Crippen LogP contribution in [0.25, 0.3) is 0 Å². The maximum absolute atomic E-state index is 12.1. The second-order valence-electron chi connectivity index (χ2n) is 5.73. The SMILES string of the molecule is CN(C)C1CN(C(=O)CC(C)(O)c2ccccc2)C1. The largest absolute Gasteiger partial charge is 0.385 e. The van der Waals surface area contributed by atoms with Gasteiger partial charge in [0.15, 0.2) is 0 Å². The number of aliphatic hydroxyl groups is 1. The zero-order valence-electron chi connectivity index (χ0n) is 11.8. The van der Waals surface area contributed by atoms with Gasteiger partial charge >= 0.3 is 0 Å². The highest BCUT2D eigenvalue weighted by Crippen LogP contribution is 2.26. The second kappa shape index (κ2) is 5.31. The van der Waals surface area contributed by atoms with E-state index in [1.807, 2.05) is 49.3 Å². The lowest BCUT2D eigenvalue weighted by Gasteiger charge is -2.43. The van der Waals surface area contributed by atoms with E-state index in [1.165, 1.54) is 0 Å². The Labute approximate surface area is 114 Å². The summed E-state index contributed by atoms with van der Waals surface area (Å²) in [6.45, 7) is 3.22. The van der Waals surface area contributed by atoms with Gasteiger partial charge in [0.05, 0.1) is 12.0 Å². The molecule has 2 rings (SSSR count). The fraction of sp³-hybridized carbons (Fsp3) is 0.533. The van der Waals surface area contributed by atoms with Crippen LogP contribution in [0, 0.1) is 0 Å². The van der Waals surface area contributed by atoms with E-state index in [4.69, 9.17) is 0 Å². The van der Waals surface area contributed by atoms with Gasteiger partial charge in [-0.05, 0) is 26.6 Å². The van der Waals surface area contributed by atoms with Crippen molar-refractivity contribution in [3.05, 3.63) is 35.9 Å². The number of likely N-dealkylation sites (N-methyl/N-ethyl adjacent to an activating group) is 1. The summed E-state index contributed by atoms with van der Waals surface area (Å²) >= 11 is 0. The number of benzene rings is 1. The van der Waals surface area contributed by atoms with E-state index in [9.17, 15) is 9.90 Å². The Balaban J connectivity index is 1.93. The molecule has 0 radical (unpaired) electrons. The molecule has 0 spiro atoms. The normalized spacial score (nSPS) is 19.1. The summed E-state index contributed by atoms with van der Waals surface area (Å²) in [6, 6.07) is 9.81. The molecule has 104 valence electrons. The van der Waals surface area contributed by atoms with Crippen LogP contribution in [-0.4, -0.2) is 54.0 Å². The predicted molar refractivity (Wildman–Crippen MR) is 74.7 cm³/mol. The van der Waals surface area contributed by atoms with Crippen molar-refractivity contribution >= 4 is 5.91 Å². The van der Waals surface area contributed by atoms with Gasteiger partial charge in [-0.2, -0.15) is 0 Å². The molecule has 19 heavy (non-hydrogen) atoms. The van der Waals surface area contributed by atoms with Crippen LogP contribution < -0.4 is 0 Å². The minimum absolute atomic E-state index is 0.0203. The highest BCUT2D eigenvalue weighted by Gasteiger charge is 2.35. The Morgan fingerprint density at radius 1 is 1.37 bits per heavy atom. The maximum atomic E-state index is 12.1. The van der Waals surface area contributed by atoms with Crippen LogP contribution in [0.5, 0.6) is 0 Å². The zero-order chi connectivity index (χ0) is 14.0. The van der Waals surface area contributed by atoms with E-state index < -0.39 is 5.60 Å².